The summed E-state index contributed by atoms with van der Waals surface area (Å²) in [5, 5.41) is 9.67. The third-order valence-electron chi connectivity index (χ3n) is 1.88. The molecule has 0 spiro atoms. The molecule has 1 atom stereocenters. The first-order chi connectivity index (χ1) is 7.67. The number of hydrogen-bond acceptors (Lipinski definition) is 3. The first-order valence-electron chi connectivity index (χ1n) is 5.08. The molecule has 0 radical (unpaired) electrons. The van der Waals surface area contributed by atoms with Gasteiger partial charge in [-0.05, 0) is 20.8 Å². The maximum Gasteiger partial charge on any atom is 0.236 e. The highest BCUT2D eigenvalue weighted by Crippen LogP contribution is 2.11. The monoisotopic (exact) mass is 217 g/mol. The number of aliphatic hydroxyl groups excluding tert-OH is 1. The van der Waals surface area contributed by atoms with Crippen molar-refractivity contribution < 1.29 is 9.52 Å². The molecule has 0 aliphatic heterocycles. The third-order valence-corrected chi connectivity index (χ3v) is 1.88. The molecular weight excluding hydrogens is 202 g/mol. The van der Waals surface area contributed by atoms with Gasteiger partial charge >= 0.3 is 0 Å². The van der Waals surface area contributed by atoms with E-state index < -0.39 is 6.10 Å². The first-order valence-corrected chi connectivity index (χ1v) is 5.08. The number of allylic oxidation sites excluding steroid dienone is 4. The molecule has 1 rings (SSSR count). The van der Waals surface area contributed by atoms with Gasteiger partial charge < -0.3 is 9.52 Å². The second-order valence-corrected chi connectivity index (χ2v) is 3.23. The molecule has 0 saturated carbocycles. The topological polar surface area (TPSA) is 46.3 Å². The Bertz CT molecular complexity index is 458. The Morgan fingerprint density at radius 2 is 2.31 bits per heavy atom. The Morgan fingerprint density at radius 1 is 1.56 bits per heavy atom. The van der Waals surface area contributed by atoms with E-state index in [1.165, 1.54) is 0 Å². The largest absolute Gasteiger partial charge is 0.442 e. The van der Waals surface area contributed by atoms with Crippen LogP contribution in [0.5, 0.6) is 0 Å². The minimum atomic E-state index is -0.978. The Hall–Kier alpha value is -1.79. The molecule has 1 heterocycles. The van der Waals surface area contributed by atoms with Crippen molar-refractivity contribution >= 4 is 0 Å². The summed E-state index contributed by atoms with van der Waals surface area (Å²) in [5.41, 5.74) is 0.852. The zero-order valence-electron chi connectivity index (χ0n) is 9.69. The number of hydrogen-bond donors (Lipinski definition) is 1. The zero-order chi connectivity index (χ0) is 12.0. The molecule has 1 aromatic rings. The second kappa shape index (κ2) is 5.94. The van der Waals surface area contributed by atoms with Gasteiger partial charge in [0, 0.05) is 5.57 Å². The summed E-state index contributed by atoms with van der Waals surface area (Å²) in [6, 6.07) is 0. The lowest BCUT2D eigenvalue weighted by Crippen LogP contribution is -1.93. The van der Waals surface area contributed by atoms with Gasteiger partial charge in [-0.25, -0.2) is 4.98 Å². The lowest BCUT2D eigenvalue weighted by atomic mass is 10.2. The van der Waals surface area contributed by atoms with Crippen LogP contribution in [0.25, 0.3) is 0 Å². The number of rotatable bonds is 2. The highest BCUT2D eigenvalue weighted by molar-refractivity contribution is 5.38. The normalized spacial score (nSPS) is 13.6. The van der Waals surface area contributed by atoms with Gasteiger partial charge in [-0.1, -0.05) is 30.1 Å². The van der Waals surface area contributed by atoms with E-state index in [1.807, 2.05) is 32.1 Å². The number of nitrogens with zero attached hydrogens (tertiary/aromatic N) is 1. The highest BCUT2D eigenvalue weighted by Gasteiger charge is 2.09. The highest BCUT2D eigenvalue weighted by atomic mass is 16.4. The molecule has 16 heavy (non-hydrogen) atoms. The SMILES string of the molecule is CC=CC(C#CC(O)c1ncc(C)o1)=CC. The lowest BCUT2D eigenvalue weighted by Gasteiger charge is -1.95. The van der Waals surface area contributed by atoms with Crippen LogP contribution in [0.3, 0.4) is 0 Å². The van der Waals surface area contributed by atoms with E-state index in [-0.39, 0.29) is 5.89 Å². The van der Waals surface area contributed by atoms with Crippen LogP contribution in [0.4, 0.5) is 0 Å². The van der Waals surface area contributed by atoms with Crippen LogP contribution < -0.4 is 0 Å². The van der Waals surface area contributed by atoms with Crippen molar-refractivity contribution in [2.24, 2.45) is 0 Å². The maximum atomic E-state index is 9.67. The Balaban J connectivity index is 2.78. The van der Waals surface area contributed by atoms with Crippen molar-refractivity contribution in [3.63, 3.8) is 0 Å². The summed E-state index contributed by atoms with van der Waals surface area (Å²) in [7, 11) is 0. The van der Waals surface area contributed by atoms with Gasteiger partial charge in [0.2, 0.25) is 5.89 Å². The van der Waals surface area contributed by atoms with Crippen LogP contribution in [0, 0.1) is 18.8 Å². The average molecular weight is 217 g/mol. The van der Waals surface area contributed by atoms with Gasteiger partial charge in [0.05, 0.1) is 6.20 Å². The molecular formula is C13H15NO2. The second-order valence-electron chi connectivity index (χ2n) is 3.23. The van der Waals surface area contributed by atoms with E-state index in [4.69, 9.17) is 4.42 Å². The fourth-order valence-electron chi connectivity index (χ4n) is 1.10. The van der Waals surface area contributed by atoms with Crippen LogP contribution in [-0.2, 0) is 0 Å². The maximum absolute atomic E-state index is 9.67. The van der Waals surface area contributed by atoms with Crippen molar-refractivity contribution in [3.8, 4) is 11.8 Å². The zero-order valence-corrected chi connectivity index (χ0v) is 9.69. The van der Waals surface area contributed by atoms with Crippen molar-refractivity contribution in [3.05, 3.63) is 41.6 Å². The summed E-state index contributed by atoms with van der Waals surface area (Å²) in [6.45, 7) is 5.58. The van der Waals surface area contributed by atoms with Crippen LogP contribution in [0.2, 0.25) is 0 Å². The molecule has 0 fully saturated rings. The van der Waals surface area contributed by atoms with E-state index in [9.17, 15) is 5.11 Å². The van der Waals surface area contributed by atoms with Gasteiger partial charge in [-0.3, -0.25) is 0 Å². The van der Waals surface area contributed by atoms with E-state index in [2.05, 4.69) is 16.8 Å². The predicted octanol–water partition coefficient (Wildman–Crippen LogP) is 2.54. The quantitative estimate of drug-likeness (QED) is 0.611. The Morgan fingerprint density at radius 3 is 2.81 bits per heavy atom. The predicted molar refractivity (Wildman–Crippen MR) is 62.5 cm³/mol. The standard InChI is InChI=1S/C13H15NO2/c1-4-6-11(5-2)7-8-12(15)13-14-9-10(3)16-13/h4-6,9,12,15H,1-3H3. The average Bonchev–Trinajstić information content (AvgIpc) is 2.70. The lowest BCUT2D eigenvalue weighted by molar-refractivity contribution is 0.197. The molecule has 0 amide bonds. The van der Waals surface area contributed by atoms with Gasteiger partial charge in [-0.15, -0.1) is 0 Å². The summed E-state index contributed by atoms with van der Waals surface area (Å²) in [5.74, 6) is 6.43. The molecule has 1 N–H and O–H groups in total. The molecule has 1 aromatic heterocycles. The molecule has 0 aliphatic rings. The fourth-order valence-corrected chi connectivity index (χ4v) is 1.10. The van der Waals surface area contributed by atoms with Crippen molar-refractivity contribution in [1.82, 2.24) is 4.98 Å². The Labute approximate surface area is 95.5 Å². The minimum absolute atomic E-state index is 0.237. The van der Waals surface area contributed by atoms with E-state index >= 15 is 0 Å². The van der Waals surface area contributed by atoms with Crippen LogP contribution in [-0.4, -0.2) is 10.1 Å². The molecule has 1 unspecified atom stereocenters. The van der Waals surface area contributed by atoms with Crippen LogP contribution in [0.1, 0.15) is 31.6 Å². The van der Waals surface area contributed by atoms with Crippen molar-refractivity contribution in [2.75, 3.05) is 0 Å². The molecule has 0 aromatic carbocycles. The van der Waals surface area contributed by atoms with Gasteiger partial charge in [-0.2, -0.15) is 0 Å². The van der Waals surface area contributed by atoms with E-state index in [0.29, 0.717) is 5.76 Å². The van der Waals surface area contributed by atoms with E-state index in [1.54, 1.807) is 13.1 Å². The first kappa shape index (κ1) is 12.3. The molecule has 84 valence electrons. The number of aromatic nitrogens is 1. The molecule has 3 nitrogen and oxygen atoms in total. The number of aliphatic hydroxyl groups is 1. The molecule has 3 heteroatoms. The Kier molecular flexibility index (Phi) is 4.56. The van der Waals surface area contributed by atoms with Crippen LogP contribution in [0.15, 0.2) is 34.4 Å². The van der Waals surface area contributed by atoms with Gasteiger partial charge in [0.25, 0.3) is 0 Å². The molecule has 0 aliphatic carbocycles. The molecule has 0 bridgehead atoms. The van der Waals surface area contributed by atoms with E-state index in [0.717, 1.165) is 5.57 Å². The summed E-state index contributed by atoms with van der Waals surface area (Å²) in [6.07, 6.45) is 6.23. The van der Waals surface area contributed by atoms with Crippen LogP contribution >= 0.6 is 0 Å². The summed E-state index contributed by atoms with van der Waals surface area (Å²) >= 11 is 0. The molecule has 0 saturated heterocycles. The summed E-state index contributed by atoms with van der Waals surface area (Å²) < 4.78 is 5.17. The number of aryl methyl sites for hydroxylation is 1. The third kappa shape index (κ3) is 3.41. The van der Waals surface area contributed by atoms with Crippen molar-refractivity contribution in [1.29, 1.82) is 0 Å². The van der Waals surface area contributed by atoms with Crippen molar-refractivity contribution in [2.45, 2.75) is 26.9 Å². The minimum Gasteiger partial charge on any atom is -0.442 e. The number of oxazole rings is 1. The summed E-state index contributed by atoms with van der Waals surface area (Å²) in [4.78, 5) is 3.91. The smallest absolute Gasteiger partial charge is 0.236 e. The van der Waals surface area contributed by atoms with Gasteiger partial charge in [0.15, 0.2) is 6.10 Å². The fraction of sp³-hybridized carbons (Fsp3) is 0.308. The van der Waals surface area contributed by atoms with Gasteiger partial charge in [0.1, 0.15) is 5.76 Å².